The molecule has 204 valence electrons. The number of nitriles is 1. The van der Waals surface area contributed by atoms with Gasteiger partial charge in [-0.3, -0.25) is 0 Å². The number of hydrogen-bond donors (Lipinski definition) is 0. The highest BCUT2D eigenvalue weighted by Gasteiger charge is 2.33. The van der Waals surface area contributed by atoms with Gasteiger partial charge in [-0.2, -0.15) is 5.26 Å². The predicted molar refractivity (Wildman–Crippen MR) is 171 cm³/mol. The molecule has 5 aromatic carbocycles. The molecule has 1 aliphatic rings. The van der Waals surface area contributed by atoms with Gasteiger partial charge in [0, 0.05) is 42.7 Å². The van der Waals surface area contributed by atoms with Crippen LogP contribution >= 0.6 is 11.8 Å². The normalized spacial score (nSPS) is 13.4. The molecule has 0 saturated carbocycles. The van der Waals surface area contributed by atoms with Crippen molar-refractivity contribution in [3.63, 3.8) is 0 Å². The average molecular weight is 573 g/mol. The first-order valence-corrected chi connectivity index (χ1v) is 14.9. The Morgan fingerprint density at radius 1 is 0.605 bits per heavy atom. The maximum absolute atomic E-state index is 9.44. The number of aromatic nitrogens is 3. The second-order valence-corrected chi connectivity index (χ2v) is 12.3. The van der Waals surface area contributed by atoms with Crippen LogP contribution in [0.2, 0.25) is 0 Å². The lowest BCUT2D eigenvalue weighted by Gasteiger charge is -2.35. The van der Waals surface area contributed by atoms with Crippen molar-refractivity contribution < 1.29 is 4.42 Å². The molecular weight excluding hydrogens is 549 g/mol. The van der Waals surface area contributed by atoms with Gasteiger partial charge in [0.25, 0.3) is 0 Å². The summed E-state index contributed by atoms with van der Waals surface area (Å²) in [6, 6.07) is 38.9. The van der Waals surface area contributed by atoms with Crippen molar-refractivity contribution in [2.45, 2.75) is 29.1 Å². The minimum atomic E-state index is -0.260. The molecule has 0 unspecified atom stereocenters. The minimum absolute atomic E-state index is 0.260. The van der Waals surface area contributed by atoms with E-state index in [-0.39, 0.29) is 5.41 Å². The standard InChI is InChI=1S/C37H24N4OS/c1-37(2)28-16-12-22(21-38)18-33(28)43-32-17-14-24(19-29(32)37)35-39-34(23-8-4-3-5-9-23)40-36(41-35)25-13-15-27-26-10-6-7-11-30(26)42-31(27)20-25/h3-20H,1-2H3. The highest BCUT2D eigenvalue weighted by molar-refractivity contribution is 7.99. The Kier molecular flexibility index (Phi) is 5.72. The molecule has 1 aliphatic heterocycles. The molecular formula is C37H24N4OS. The third-order valence-corrected chi connectivity index (χ3v) is 9.35. The Morgan fingerprint density at radius 3 is 2.07 bits per heavy atom. The van der Waals surface area contributed by atoms with E-state index >= 15 is 0 Å². The molecule has 0 radical (unpaired) electrons. The van der Waals surface area contributed by atoms with Gasteiger partial charge in [0.15, 0.2) is 17.5 Å². The first kappa shape index (κ1) is 25.5. The first-order valence-electron chi connectivity index (χ1n) is 14.1. The van der Waals surface area contributed by atoms with Crippen LogP contribution in [0.5, 0.6) is 0 Å². The second-order valence-electron chi connectivity index (χ2n) is 11.2. The quantitative estimate of drug-likeness (QED) is 0.210. The van der Waals surface area contributed by atoms with Gasteiger partial charge in [-0.05, 0) is 53.6 Å². The van der Waals surface area contributed by atoms with Crippen molar-refractivity contribution in [2.24, 2.45) is 0 Å². The van der Waals surface area contributed by atoms with Crippen molar-refractivity contribution >= 4 is 33.7 Å². The molecule has 5 nitrogen and oxygen atoms in total. The molecule has 8 rings (SSSR count). The molecule has 0 spiro atoms. The zero-order valence-electron chi connectivity index (χ0n) is 23.5. The summed E-state index contributed by atoms with van der Waals surface area (Å²) in [5.41, 5.74) is 7.20. The molecule has 43 heavy (non-hydrogen) atoms. The number of para-hydroxylation sites is 1. The van der Waals surface area contributed by atoms with Crippen molar-refractivity contribution in [1.82, 2.24) is 15.0 Å². The number of fused-ring (bicyclic) bond motifs is 5. The molecule has 3 heterocycles. The molecule has 6 heteroatoms. The fourth-order valence-corrected chi connectivity index (χ4v) is 7.33. The summed E-state index contributed by atoms with van der Waals surface area (Å²) < 4.78 is 6.18. The van der Waals surface area contributed by atoms with Crippen LogP contribution in [0.15, 0.2) is 123 Å². The SMILES string of the molecule is CC1(C)c2ccc(C#N)cc2Sc2ccc(-c3nc(-c4ccccc4)nc(-c4ccc5c(c4)oc4ccccc45)n3)cc21. The summed E-state index contributed by atoms with van der Waals surface area (Å²) in [6.07, 6.45) is 0. The Bertz CT molecular complexity index is 2260. The van der Waals surface area contributed by atoms with Crippen molar-refractivity contribution in [2.75, 3.05) is 0 Å². The molecule has 0 fully saturated rings. The highest BCUT2D eigenvalue weighted by atomic mass is 32.2. The van der Waals surface area contributed by atoms with Crippen LogP contribution in [0.25, 0.3) is 56.1 Å². The van der Waals surface area contributed by atoms with Crippen molar-refractivity contribution in [1.29, 1.82) is 5.26 Å². The van der Waals surface area contributed by atoms with Crippen molar-refractivity contribution in [3.05, 3.63) is 126 Å². The Morgan fingerprint density at radius 2 is 1.28 bits per heavy atom. The summed E-state index contributed by atoms with van der Waals surface area (Å²) in [7, 11) is 0. The van der Waals surface area contributed by atoms with E-state index in [1.54, 1.807) is 11.8 Å². The average Bonchev–Trinajstić information content (AvgIpc) is 3.42. The van der Waals surface area contributed by atoms with Gasteiger partial charge in [0.05, 0.1) is 11.6 Å². The topological polar surface area (TPSA) is 75.6 Å². The Labute approximate surface area is 252 Å². The zero-order valence-corrected chi connectivity index (χ0v) is 24.3. The number of benzene rings is 5. The first-order chi connectivity index (χ1) is 21.0. The van der Waals surface area contributed by atoms with Gasteiger partial charge in [-0.15, -0.1) is 0 Å². The van der Waals surface area contributed by atoms with Gasteiger partial charge < -0.3 is 4.42 Å². The summed E-state index contributed by atoms with van der Waals surface area (Å²) in [6.45, 7) is 4.47. The van der Waals surface area contributed by atoms with E-state index < -0.39 is 0 Å². The Hall–Kier alpha value is -5.25. The molecule has 7 aromatic rings. The molecule has 0 amide bonds. The summed E-state index contributed by atoms with van der Waals surface area (Å²) in [5, 5.41) is 11.6. The zero-order chi connectivity index (χ0) is 29.1. The Balaban J connectivity index is 1.28. The third-order valence-electron chi connectivity index (χ3n) is 8.22. The number of hydrogen-bond acceptors (Lipinski definition) is 6. The fourth-order valence-electron chi connectivity index (χ4n) is 5.92. The number of nitrogens with zero attached hydrogens (tertiary/aromatic N) is 4. The van der Waals surface area contributed by atoms with Crippen LogP contribution < -0.4 is 0 Å². The maximum Gasteiger partial charge on any atom is 0.164 e. The van der Waals surface area contributed by atoms with Gasteiger partial charge in [-0.1, -0.05) is 92.3 Å². The molecule has 0 saturated heterocycles. The van der Waals surface area contributed by atoms with E-state index in [0.717, 1.165) is 43.5 Å². The predicted octanol–water partition coefficient (Wildman–Crippen LogP) is 9.43. The fraction of sp³-hybridized carbons (Fsp3) is 0.0811. The lowest BCUT2D eigenvalue weighted by molar-refractivity contribution is 0.607. The van der Waals surface area contributed by atoms with E-state index in [2.05, 4.69) is 62.4 Å². The van der Waals surface area contributed by atoms with E-state index in [1.807, 2.05) is 66.7 Å². The molecule has 2 aromatic heterocycles. The molecule has 0 aliphatic carbocycles. The van der Waals surface area contributed by atoms with E-state index in [9.17, 15) is 5.26 Å². The van der Waals surface area contributed by atoms with Gasteiger partial charge in [0.1, 0.15) is 11.2 Å². The summed E-state index contributed by atoms with van der Waals surface area (Å²) in [4.78, 5) is 17.2. The lowest BCUT2D eigenvalue weighted by Crippen LogP contribution is -2.24. The van der Waals surface area contributed by atoms with Crippen LogP contribution in [0.1, 0.15) is 30.5 Å². The van der Waals surface area contributed by atoms with E-state index in [0.29, 0.717) is 23.0 Å². The molecule has 0 N–H and O–H groups in total. The van der Waals surface area contributed by atoms with E-state index in [4.69, 9.17) is 19.4 Å². The third kappa shape index (κ3) is 4.20. The second kappa shape index (κ2) is 9.65. The number of furan rings is 1. The minimum Gasteiger partial charge on any atom is -0.456 e. The van der Waals surface area contributed by atoms with E-state index in [1.165, 1.54) is 16.0 Å². The summed E-state index contributed by atoms with van der Waals surface area (Å²) in [5.74, 6) is 1.82. The molecule has 0 bridgehead atoms. The highest BCUT2D eigenvalue weighted by Crippen LogP contribution is 2.50. The monoisotopic (exact) mass is 572 g/mol. The van der Waals surface area contributed by atoms with Gasteiger partial charge in [-0.25, -0.2) is 15.0 Å². The van der Waals surface area contributed by atoms with Gasteiger partial charge in [0.2, 0.25) is 0 Å². The smallest absolute Gasteiger partial charge is 0.164 e. The van der Waals surface area contributed by atoms with Gasteiger partial charge >= 0.3 is 0 Å². The summed E-state index contributed by atoms with van der Waals surface area (Å²) >= 11 is 1.71. The van der Waals surface area contributed by atoms with Crippen molar-refractivity contribution in [3.8, 4) is 40.2 Å². The largest absolute Gasteiger partial charge is 0.456 e. The van der Waals surface area contributed by atoms with Crippen LogP contribution in [0.3, 0.4) is 0 Å². The van der Waals surface area contributed by atoms with Crippen LogP contribution in [0.4, 0.5) is 0 Å². The number of rotatable bonds is 3. The van der Waals surface area contributed by atoms with Crippen LogP contribution in [0, 0.1) is 11.3 Å². The van der Waals surface area contributed by atoms with Crippen LogP contribution in [-0.4, -0.2) is 15.0 Å². The lowest BCUT2D eigenvalue weighted by atomic mass is 9.77. The molecule has 0 atom stereocenters. The maximum atomic E-state index is 9.44. The van der Waals surface area contributed by atoms with Crippen LogP contribution in [-0.2, 0) is 5.41 Å².